The van der Waals surface area contributed by atoms with Gasteiger partial charge in [-0.3, -0.25) is 0 Å². The zero-order valence-electron chi connectivity index (χ0n) is 31.8. The van der Waals surface area contributed by atoms with Crippen LogP contribution in [0.25, 0.3) is 50.3 Å². The number of rotatable bonds is 10. The molecule has 0 spiro atoms. The van der Waals surface area contributed by atoms with E-state index in [4.69, 9.17) is 19.4 Å². The number of pyridine rings is 2. The number of aromatic nitrogens is 5. The van der Waals surface area contributed by atoms with Gasteiger partial charge in [-0.1, -0.05) is 88.0 Å². The minimum atomic E-state index is 0. The van der Waals surface area contributed by atoms with Crippen molar-refractivity contribution in [3.05, 3.63) is 151 Å². The Hall–Kier alpha value is -4.99. The molecular weight excluding hydrogens is 968 g/mol. The van der Waals surface area contributed by atoms with Crippen molar-refractivity contribution in [3.8, 4) is 51.5 Å². The summed E-state index contributed by atoms with van der Waals surface area (Å²) in [6.45, 7) is 12.9. The van der Waals surface area contributed by atoms with Crippen LogP contribution in [-0.2, 0) is 41.5 Å². The molecule has 0 unspecified atom stereocenters. The van der Waals surface area contributed by atoms with Gasteiger partial charge in [-0.05, 0) is 46.8 Å². The van der Waals surface area contributed by atoms with E-state index < -0.39 is 0 Å². The number of hydrogen-bond acceptors (Lipinski definition) is 6. The Kier molecular flexibility index (Phi) is 12.7. The third kappa shape index (κ3) is 8.54. The molecule has 8 rings (SSSR count). The maximum absolute atomic E-state index is 6.40. The fourth-order valence-electron chi connectivity index (χ4n) is 6.35. The van der Waals surface area contributed by atoms with Gasteiger partial charge in [-0.15, -0.1) is 71.8 Å². The molecule has 0 saturated heterocycles. The summed E-state index contributed by atoms with van der Waals surface area (Å²) in [6.07, 6.45) is 7.43. The number of hydrogen-bond donors (Lipinski definition) is 0. The molecule has 0 radical (unpaired) electrons. The maximum Gasteiger partial charge on any atom is 2.00 e. The molecule has 0 bridgehead atoms. The van der Waals surface area contributed by atoms with Crippen LogP contribution in [0.3, 0.4) is 0 Å². The van der Waals surface area contributed by atoms with Crippen LogP contribution in [-0.4, -0.2) is 24.5 Å². The molecule has 0 aliphatic rings. The maximum atomic E-state index is 6.40. The van der Waals surface area contributed by atoms with Gasteiger partial charge < -0.3 is 24.0 Å². The summed E-state index contributed by atoms with van der Waals surface area (Å²) in [5, 5.41) is 1.91. The van der Waals surface area contributed by atoms with Gasteiger partial charge in [0.1, 0.15) is 0 Å². The zero-order valence-corrected chi connectivity index (χ0v) is 35.6. The molecule has 56 heavy (non-hydrogen) atoms. The standard InChI is InChI=1S/C47H39N5O2.Pd.Pt/c1-29(2)32-17-19-48-43(23-32)34-9-7-11-37(21-34)53-39-13-15-41-42-16-14-40(26-46(42)52(45(41)25-39)47-50-27-36(28-51-47)31(5)6)54-38-12-8-10-35(22-38)44-24-33(30(3)4)18-20-49-44;;/h7-20,23-24,27-31H,1-6H3;;/q-4;2*+2. The van der Waals surface area contributed by atoms with E-state index >= 15 is 0 Å². The first-order valence-electron chi connectivity index (χ1n) is 18.3. The minimum absolute atomic E-state index is 0. The first kappa shape index (κ1) is 40.7. The third-order valence-corrected chi connectivity index (χ3v) is 9.49. The van der Waals surface area contributed by atoms with Crippen molar-refractivity contribution >= 4 is 21.8 Å². The molecule has 0 fully saturated rings. The first-order chi connectivity index (χ1) is 26.2. The van der Waals surface area contributed by atoms with E-state index in [0.29, 0.717) is 46.7 Å². The smallest absolute Gasteiger partial charge is 0.503 e. The largest absolute Gasteiger partial charge is 2.00 e. The van der Waals surface area contributed by atoms with E-state index in [0.717, 1.165) is 49.9 Å². The summed E-state index contributed by atoms with van der Waals surface area (Å²) >= 11 is 0. The molecule has 4 aromatic carbocycles. The predicted molar refractivity (Wildman–Crippen MR) is 213 cm³/mol. The Morgan fingerprint density at radius 1 is 0.500 bits per heavy atom. The Morgan fingerprint density at radius 2 is 0.929 bits per heavy atom. The van der Waals surface area contributed by atoms with Crippen LogP contribution in [0.5, 0.6) is 23.0 Å². The van der Waals surface area contributed by atoms with Crippen molar-refractivity contribution in [2.24, 2.45) is 0 Å². The van der Waals surface area contributed by atoms with E-state index in [2.05, 4.69) is 87.9 Å². The second kappa shape index (κ2) is 17.4. The van der Waals surface area contributed by atoms with Crippen molar-refractivity contribution in [1.82, 2.24) is 24.5 Å². The summed E-state index contributed by atoms with van der Waals surface area (Å²) in [5.74, 6) is 3.76. The second-order valence-electron chi connectivity index (χ2n) is 14.3. The summed E-state index contributed by atoms with van der Waals surface area (Å²) in [6, 6.07) is 41.7. The fraction of sp³-hybridized carbons (Fsp3) is 0.191. The predicted octanol–water partition coefficient (Wildman–Crippen LogP) is 11.8. The summed E-state index contributed by atoms with van der Waals surface area (Å²) < 4.78 is 14.8. The van der Waals surface area contributed by atoms with E-state index in [1.807, 2.05) is 102 Å². The topological polar surface area (TPSA) is 75.0 Å². The van der Waals surface area contributed by atoms with Gasteiger partial charge >= 0.3 is 41.5 Å². The molecule has 0 saturated carbocycles. The molecule has 7 nitrogen and oxygen atoms in total. The third-order valence-electron chi connectivity index (χ3n) is 9.49. The molecular formula is C47H39N5O2PdPt. The molecule has 284 valence electrons. The van der Waals surface area contributed by atoms with Gasteiger partial charge in [0.05, 0.1) is 0 Å². The van der Waals surface area contributed by atoms with Crippen LogP contribution >= 0.6 is 0 Å². The van der Waals surface area contributed by atoms with Gasteiger partial charge in [-0.25, -0.2) is 9.97 Å². The average molecular weight is 1010 g/mol. The Morgan fingerprint density at radius 3 is 1.36 bits per heavy atom. The average Bonchev–Trinajstić information content (AvgIpc) is 3.51. The van der Waals surface area contributed by atoms with Crippen LogP contribution in [0.2, 0.25) is 0 Å². The fourth-order valence-corrected chi connectivity index (χ4v) is 6.35. The van der Waals surface area contributed by atoms with E-state index in [9.17, 15) is 0 Å². The van der Waals surface area contributed by atoms with Crippen molar-refractivity contribution < 1.29 is 51.0 Å². The Bertz CT molecular complexity index is 2470. The summed E-state index contributed by atoms with van der Waals surface area (Å²) in [7, 11) is 0. The molecule has 0 aliphatic carbocycles. The van der Waals surface area contributed by atoms with Gasteiger partial charge in [0.25, 0.3) is 0 Å². The van der Waals surface area contributed by atoms with Gasteiger partial charge in [0.15, 0.2) is 0 Å². The second-order valence-corrected chi connectivity index (χ2v) is 14.3. The molecule has 9 heteroatoms. The van der Waals surface area contributed by atoms with E-state index in [1.54, 1.807) is 0 Å². The number of benzene rings is 4. The van der Waals surface area contributed by atoms with Gasteiger partial charge in [0.2, 0.25) is 5.95 Å². The van der Waals surface area contributed by atoms with Crippen LogP contribution in [0.4, 0.5) is 0 Å². The van der Waals surface area contributed by atoms with Crippen molar-refractivity contribution in [2.75, 3.05) is 0 Å². The normalized spacial score (nSPS) is 11.2. The van der Waals surface area contributed by atoms with Crippen molar-refractivity contribution in [2.45, 2.75) is 59.3 Å². The SMILES string of the molecule is CC(C)c1cnc(-n2c3[c-]c(Oc4[c-]c(-c5cc(C(C)C)ccn5)ccc4)ccc3c3ccc(Oc4[c-]c(-c5cc(C(C)C)ccn5)ccc4)[c-]c32)nc1.[Pd+2].[Pt+2]. The number of fused-ring (bicyclic) bond motifs is 3. The monoisotopic (exact) mass is 1010 g/mol. The van der Waals surface area contributed by atoms with E-state index in [-0.39, 0.29) is 41.5 Å². The van der Waals surface area contributed by atoms with Gasteiger partial charge in [-0.2, -0.15) is 22.9 Å². The van der Waals surface area contributed by atoms with E-state index in [1.165, 1.54) is 11.1 Å². The Labute approximate surface area is 356 Å². The summed E-state index contributed by atoms with van der Waals surface area (Å²) in [4.78, 5) is 18.8. The first-order valence-corrected chi connectivity index (χ1v) is 18.3. The zero-order chi connectivity index (χ0) is 37.3. The van der Waals surface area contributed by atoms with Crippen LogP contribution in [0.15, 0.2) is 110 Å². The molecule has 4 heterocycles. The van der Waals surface area contributed by atoms with Crippen molar-refractivity contribution in [1.29, 1.82) is 0 Å². The molecule has 0 amide bonds. The Balaban J connectivity index is 0.00000266. The van der Waals surface area contributed by atoms with Crippen LogP contribution < -0.4 is 9.47 Å². The molecule has 0 aliphatic heterocycles. The van der Waals surface area contributed by atoms with Gasteiger partial charge in [0, 0.05) is 47.8 Å². The van der Waals surface area contributed by atoms with Crippen LogP contribution in [0, 0.1) is 24.3 Å². The molecule has 0 N–H and O–H groups in total. The number of nitrogens with zero attached hydrogens (tertiary/aromatic N) is 5. The molecule has 8 aromatic rings. The molecule has 0 atom stereocenters. The molecule has 4 aromatic heterocycles. The number of ether oxygens (including phenoxy) is 2. The summed E-state index contributed by atoms with van der Waals surface area (Å²) in [5.41, 5.74) is 8.40. The minimum Gasteiger partial charge on any atom is -0.503 e. The van der Waals surface area contributed by atoms with Crippen molar-refractivity contribution in [3.63, 3.8) is 0 Å². The quantitative estimate of drug-likeness (QED) is 0.100. The van der Waals surface area contributed by atoms with Crippen LogP contribution in [0.1, 0.15) is 76.0 Å².